The van der Waals surface area contributed by atoms with E-state index in [9.17, 15) is 0 Å². The molecule has 116 valence electrons. The largest absolute Gasteiger partial charge is 0.494 e. The van der Waals surface area contributed by atoms with Crippen molar-refractivity contribution in [3.05, 3.63) is 42.1 Å². The first-order valence-electron chi connectivity index (χ1n) is 6.85. The van der Waals surface area contributed by atoms with Crippen molar-refractivity contribution in [1.29, 1.82) is 0 Å². The molecule has 0 unspecified atom stereocenters. The molecule has 2 rings (SSSR count). The summed E-state index contributed by atoms with van der Waals surface area (Å²) in [6, 6.07) is 10.8. The van der Waals surface area contributed by atoms with Gasteiger partial charge < -0.3 is 19.9 Å². The Morgan fingerprint density at radius 1 is 1.09 bits per heavy atom. The molecule has 0 bridgehead atoms. The van der Waals surface area contributed by atoms with E-state index in [0.717, 1.165) is 0 Å². The Labute approximate surface area is 129 Å². The van der Waals surface area contributed by atoms with Gasteiger partial charge in [-0.3, -0.25) is 0 Å². The third kappa shape index (κ3) is 3.46. The molecule has 6 heteroatoms. The molecule has 0 aliphatic carbocycles. The number of para-hydroxylation sites is 1. The molecule has 2 aromatic rings. The van der Waals surface area contributed by atoms with E-state index in [1.165, 1.54) is 0 Å². The number of aliphatic imine (C=N–C) groups is 1. The number of rotatable bonds is 6. The summed E-state index contributed by atoms with van der Waals surface area (Å²) in [5.41, 5.74) is 7.11. The molecule has 1 aromatic carbocycles. The summed E-state index contributed by atoms with van der Waals surface area (Å²) in [6.45, 7) is 2.43. The summed E-state index contributed by atoms with van der Waals surface area (Å²) in [5.74, 6) is 1.90. The number of nitrogens with zero attached hydrogens (tertiary/aromatic N) is 2. The lowest BCUT2D eigenvalue weighted by Gasteiger charge is -2.10. The molecule has 0 spiro atoms. The highest BCUT2D eigenvalue weighted by atomic mass is 16.5. The second kappa shape index (κ2) is 7.31. The van der Waals surface area contributed by atoms with Crippen LogP contribution in [0.15, 0.2) is 41.4 Å². The summed E-state index contributed by atoms with van der Waals surface area (Å²) in [6.07, 6.45) is 0. The highest BCUT2D eigenvalue weighted by molar-refractivity contribution is 5.98. The van der Waals surface area contributed by atoms with E-state index in [1.807, 2.05) is 19.1 Å². The lowest BCUT2D eigenvalue weighted by molar-refractivity contribution is 0.326. The molecule has 0 fully saturated rings. The zero-order valence-corrected chi connectivity index (χ0v) is 12.9. The second-order valence-electron chi connectivity index (χ2n) is 4.30. The van der Waals surface area contributed by atoms with Crippen molar-refractivity contribution in [3.63, 3.8) is 0 Å². The van der Waals surface area contributed by atoms with Crippen LogP contribution in [0, 0.1) is 0 Å². The number of aromatic nitrogens is 1. The molecule has 0 aliphatic rings. The molecular formula is C16H19N3O3. The van der Waals surface area contributed by atoms with Gasteiger partial charge >= 0.3 is 0 Å². The van der Waals surface area contributed by atoms with Gasteiger partial charge in [0.05, 0.1) is 20.8 Å². The Balaban J connectivity index is 2.42. The number of pyridine rings is 1. The molecule has 2 N–H and O–H groups in total. The monoisotopic (exact) mass is 301 g/mol. The van der Waals surface area contributed by atoms with Crippen molar-refractivity contribution >= 4 is 11.5 Å². The zero-order valence-electron chi connectivity index (χ0n) is 12.9. The van der Waals surface area contributed by atoms with Crippen LogP contribution in [0.1, 0.15) is 12.6 Å². The van der Waals surface area contributed by atoms with Crippen LogP contribution in [0.2, 0.25) is 0 Å². The van der Waals surface area contributed by atoms with Crippen molar-refractivity contribution in [2.45, 2.75) is 6.92 Å². The second-order valence-corrected chi connectivity index (χ2v) is 4.30. The SMILES string of the molecule is CCOc1cccc(C(N)=Nc2c(OC)cccc2OC)n1. The third-order valence-electron chi connectivity index (χ3n) is 2.91. The molecule has 6 nitrogen and oxygen atoms in total. The summed E-state index contributed by atoms with van der Waals surface area (Å²) in [5, 5.41) is 0. The Kier molecular flexibility index (Phi) is 5.19. The molecule has 0 radical (unpaired) electrons. The number of hydrogen-bond acceptors (Lipinski definition) is 5. The van der Waals surface area contributed by atoms with Crippen LogP contribution in [0.5, 0.6) is 17.4 Å². The average molecular weight is 301 g/mol. The number of nitrogens with two attached hydrogens (primary N) is 1. The van der Waals surface area contributed by atoms with Crippen molar-refractivity contribution in [1.82, 2.24) is 4.98 Å². The third-order valence-corrected chi connectivity index (χ3v) is 2.91. The van der Waals surface area contributed by atoms with Gasteiger partial charge in [-0.1, -0.05) is 12.1 Å². The van der Waals surface area contributed by atoms with Crippen molar-refractivity contribution in [3.8, 4) is 17.4 Å². The first-order chi connectivity index (χ1) is 10.7. The minimum absolute atomic E-state index is 0.254. The van der Waals surface area contributed by atoms with E-state index in [2.05, 4.69) is 9.98 Å². The van der Waals surface area contributed by atoms with Gasteiger partial charge in [0, 0.05) is 6.07 Å². The fourth-order valence-corrected chi connectivity index (χ4v) is 1.91. The summed E-state index contributed by atoms with van der Waals surface area (Å²) >= 11 is 0. The van der Waals surface area contributed by atoms with Gasteiger partial charge in [-0.25, -0.2) is 9.98 Å². The van der Waals surface area contributed by atoms with Crippen LogP contribution in [-0.2, 0) is 0 Å². The van der Waals surface area contributed by atoms with Crippen LogP contribution in [0.3, 0.4) is 0 Å². The van der Waals surface area contributed by atoms with Crippen LogP contribution in [0.25, 0.3) is 0 Å². The highest BCUT2D eigenvalue weighted by Gasteiger charge is 2.11. The predicted octanol–water partition coefficient (Wildman–Crippen LogP) is 2.53. The van der Waals surface area contributed by atoms with Crippen LogP contribution in [0.4, 0.5) is 5.69 Å². The fraction of sp³-hybridized carbons (Fsp3) is 0.250. The van der Waals surface area contributed by atoms with E-state index in [1.54, 1.807) is 38.5 Å². The van der Waals surface area contributed by atoms with E-state index >= 15 is 0 Å². The number of ether oxygens (including phenoxy) is 3. The highest BCUT2D eigenvalue weighted by Crippen LogP contribution is 2.37. The lowest BCUT2D eigenvalue weighted by Crippen LogP contribution is -2.15. The maximum atomic E-state index is 6.06. The van der Waals surface area contributed by atoms with Crippen molar-refractivity contribution in [2.75, 3.05) is 20.8 Å². The summed E-state index contributed by atoms with van der Waals surface area (Å²) in [7, 11) is 3.13. The molecule has 22 heavy (non-hydrogen) atoms. The quantitative estimate of drug-likeness (QED) is 0.655. The Bertz CT molecular complexity index is 649. The number of methoxy groups -OCH3 is 2. The Morgan fingerprint density at radius 3 is 2.32 bits per heavy atom. The van der Waals surface area contributed by atoms with E-state index in [-0.39, 0.29) is 5.84 Å². The first kappa shape index (κ1) is 15.6. The van der Waals surface area contributed by atoms with Gasteiger partial charge in [0.25, 0.3) is 0 Å². The Hall–Kier alpha value is -2.76. The number of benzene rings is 1. The molecule has 1 aromatic heterocycles. The smallest absolute Gasteiger partial charge is 0.213 e. The van der Waals surface area contributed by atoms with E-state index in [0.29, 0.717) is 35.4 Å². The normalized spacial score (nSPS) is 11.1. The lowest BCUT2D eigenvalue weighted by atomic mass is 10.2. The maximum Gasteiger partial charge on any atom is 0.213 e. The van der Waals surface area contributed by atoms with E-state index < -0.39 is 0 Å². The Morgan fingerprint density at radius 2 is 1.73 bits per heavy atom. The molecular weight excluding hydrogens is 282 g/mol. The fourth-order valence-electron chi connectivity index (χ4n) is 1.91. The van der Waals surface area contributed by atoms with Gasteiger partial charge in [0.1, 0.15) is 22.9 Å². The molecule has 0 amide bonds. The van der Waals surface area contributed by atoms with Crippen molar-refractivity contribution in [2.24, 2.45) is 10.7 Å². The molecule has 0 saturated carbocycles. The topological polar surface area (TPSA) is 79.0 Å². The van der Waals surface area contributed by atoms with E-state index in [4.69, 9.17) is 19.9 Å². The standard InChI is InChI=1S/C16H19N3O3/c1-4-22-14-10-5-7-11(18-14)16(17)19-15-12(20-2)8-6-9-13(15)21-3/h5-10H,4H2,1-3H3,(H2,17,19). The van der Waals surface area contributed by atoms with Crippen molar-refractivity contribution < 1.29 is 14.2 Å². The minimum atomic E-state index is 0.254. The molecule has 0 atom stereocenters. The zero-order chi connectivity index (χ0) is 15.9. The molecule has 0 aliphatic heterocycles. The summed E-state index contributed by atoms with van der Waals surface area (Å²) in [4.78, 5) is 8.71. The van der Waals surface area contributed by atoms with Gasteiger partial charge in [-0.2, -0.15) is 0 Å². The average Bonchev–Trinajstić information content (AvgIpc) is 2.55. The summed E-state index contributed by atoms with van der Waals surface area (Å²) < 4.78 is 16.0. The van der Waals surface area contributed by atoms with Crippen LogP contribution in [-0.4, -0.2) is 31.6 Å². The van der Waals surface area contributed by atoms with Crippen LogP contribution >= 0.6 is 0 Å². The predicted molar refractivity (Wildman–Crippen MR) is 85.3 cm³/mol. The van der Waals surface area contributed by atoms with Crippen LogP contribution < -0.4 is 19.9 Å². The minimum Gasteiger partial charge on any atom is -0.494 e. The van der Waals surface area contributed by atoms with Gasteiger partial charge in [0.15, 0.2) is 5.84 Å². The number of hydrogen-bond donors (Lipinski definition) is 1. The maximum absolute atomic E-state index is 6.06. The van der Waals surface area contributed by atoms with Gasteiger partial charge in [-0.05, 0) is 25.1 Å². The molecule has 1 heterocycles. The van der Waals surface area contributed by atoms with Gasteiger partial charge in [0.2, 0.25) is 5.88 Å². The molecule has 0 saturated heterocycles. The van der Waals surface area contributed by atoms with Gasteiger partial charge in [-0.15, -0.1) is 0 Å². The first-order valence-corrected chi connectivity index (χ1v) is 6.85. The number of amidine groups is 1.